The van der Waals surface area contributed by atoms with E-state index in [1.54, 1.807) is 6.07 Å². The number of hydrogen-bond donors (Lipinski definition) is 2. The Balaban J connectivity index is 1.59. The number of morpholine rings is 1. The van der Waals surface area contributed by atoms with Crippen LogP contribution in [-0.2, 0) is 11.3 Å². The van der Waals surface area contributed by atoms with Gasteiger partial charge in [0, 0.05) is 48.2 Å². The molecule has 5 nitrogen and oxygen atoms in total. The molecule has 26 heavy (non-hydrogen) atoms. The van der Waals surface area contributed by atoms with Crippen LogP contribution >= 0.6 is 0 Å². The standard InChI is InChI=1S/C21H23N3O2/c1-15-2-4-18-19(6-7-22-20(18)12-15)23-17-3-5-21(25)16(13-17)14-24-8-10-26-11-9-24/h2-7,12-13,25H,8-11,14H2,1H3,(H,22,23). The molecule has 1 fully saturated rings. The van der Waals surface area contributed by atoms with Crippen molar-refractivity contribution in [3.05, 3.63) is 59.8 Å². The van der Waals surface area contributed by atoms with Crippen molar-refractivity contribution in [3.63, 3.8) is 0 Å². The van der Waals surface area contributed by atoms with Gasteiger partial charge in [-0.15, -0.1) is 0 Å². The van der Waals surface area contributed by atoms with Crippen LogP contribution in [0.25, 0.3) is 10.9 Å². The molecule has 1 saturated heterocycles. The maximum atomic E-state index is 10.2. The van der Waals surface area contributed by atoms with E-state index in [2.05, 4.69) is 40.3 Å². The second-order valence-electron chi connectivity index (χ2n) is 6.74. The Hall–Kier alpha value is -2.63. The van der Waals surface area contributed by atoms with Crippen LogP contribution in [0.2, 0.25) is 0 Å². The van der Waals surface area contributed by atoms with Crippen LogP contribution in [0.4, 0.5) is 11.4 Å². The van der Waals surface area contributed by atoms with Crippen LogP contribution in [0.1, 0.15) is 11.1 Å². The van der Waals surface area contributed by atoms with Gasteiger partial charge in [-0.1, -0.05) is 12.1 Å². The van der Waals surface area contributed by atoms with Crippen molar-refractivity contribution in [2.75, 3.05) is 31.6 Å². The highest BCUT2D eigenvalue weighted by Gasteiger charge is 2.13. The van der Waals surface area contributed by atoms with Gasteiger partial charge < -0.3 is 15.2 Å². The zero-order valence-electron chi connectivity index (χ0n) is 14.9. The van der Waals surface area contributed by atoms with Gasteiger partial charge in [-0.2, -0.15) is 0 Å². The summed E-state index contributed by atoms with van der Waals surface area (Å²) in [6, 6.07) is 13.9. The van der Waals surface area contributed by atoms with E-state index < -0.39 is 0 Å². The normalized spacial score (nSPS) is 15.3. The summed E-state index contributed by atoms with van der Waals surface area (Å²) in [6.07, 6.45) is 1.82. The van der Waals surface area contributed by atoms with Crippen LogP contribution in [0, 0.1) is 6.92 Å². The third-order valence-corrected chi connectivity index (χ3v) is 4.75. The third-order valence-electron chi connectivity index (χ3n) is 4.75. The van der Waals surface area contributed by atoms with Crippen molar-refractivity contribution in [1.82, 2.24) is 9.88 Å². The molecule has 2 aromatic carbocycles. The highest BCUT2D eigenvalue weighted by molar-refractivity contribution is 5.93. The van der Waals surface area contributed by atoms with Crippen LogP contribution in [-0.4, -0.2) is 41.3 Å². The van der Waals surface area contributed by atoms with Crippen LogP contribution < -0.4 is 5.32 Å². The first kappa shape index (κ1) is 16.8. The number of phenols is 1. The summed E-state index contributed by atoms with van der Waals surface area (Å²) in [4.78, 5) is 6.75. The first-order valence-electron chi connectivity index (χ1n) is 8.93. The zero-order valence-corrected chi connectivity index (χ0v) is 14.9. The maximum absolute atomic E-state index is 10.2. The Morgan fingerprint density at radius 2 is 1.96 bits per heavy atom. The number of pyridine rings is 1. The quantitative estimate of drug-likeness (QED) is 0.701. The summed E-state index contributed by atoms with van der Waals surface area (Å²) in [7, 11) is 0. The highest BCUT2D eigenvalue weighted by atomic mass is 16.5. The number of anilines is 2. The lowest BCUT2D eigenvalue weighted by atomic mass is 10.1. The number of ether oxygens (including phenoxy) is 1. The lowest BCUT2D eigenvalue weighted by Crippen LogP contribution is -2.35. The van der Waals surface area contributed by atoms with Gasteiger partial charge in [-0.3, -0.25) is 9.88 Å². The fourth-order valence-electron chi connectivity index (χ4n) is 3.31. The second-order valence-corrected chi connectivity index (χ2v) is 6.74. The molecule has 0 aliphatic carbocycles. The van der Waals surface area contributed by atoms with E-state index in [-0.39, 0.29) is 0 Å². The Morgan fingerprint density at radius 3 is 2.81 bits per heavy atom. The SMILES string of the molecule is Cc1ccc2c(Nc3ccc(O)c(CN4CCOCC4)c3)ccnc2c1. The zero-order chi connectivity index (χ0) is 17.9. The minimum absolute atomic E-state index is 0.331. The number of aryl methyl sites for hydroxylation is 1. The summed E-state index contributed by atoms with van der Waals surface area (Å²) in [5, 5.41) is 14.8. The van der Waals surface area contributed by atoms with Gasteiger partial charge in [-0.05, 0) is 42.8 Å². The smallest absolute Gasteiger partial charge is 0.120 e. The number of nitrogens with zero attached hydrogens (tertiary/aromatic N) is 2. The van der Waals surface area contributed by atoms with Crippen molar-refractivity contribution >= 4 is 22.3 Å². The van der Waals surface area contributed by atoms with Gasteiger partial charge in [0.05, 0.1) is 18.7 Å². The number of aromatic nitrogens is 1. The van der Waals surface area contributed by atoms with Crippen molar-refractivity contribution in [1.29, 1.82) is 0 Å². The summed E-state index contributed by atoms with van der Waals surface area (Å²) in [5.74, 6) is 0.331. The molecule has 0 unspecified atom stereocenters. The first-order chi connectivity index (χ1) is 12.7. The van der Waals surface area contributed by atoms with Crippen LogP contribution in [0.15, 0.2) is 48.7 Å². The van der Waals surface area contributed by atoms with E-state index in [1.165, 1.54) is 5.56 Å². The predicted molar refractivity (Wildman–Crippen MR) is 104 cm³/mol. The molecular formula is C21H23N3O2. The molecule has 0 spiro atoms. The van der Waals surface area contributed by atoms with E-state index in [0.29, 0.717) is 5.75 Å². The molecule has 0 atom stereocenters. The molecule has 0 bridgehead atoms. The summed E-state index contributed by atoms with van der Waals surface area (Å²) in [5.41, 5.74) is 5.06. The summed E-state index contributed by atoms with van der Waals surface area (Å²) >= 11 is 0. The Morgan fingerprint density at radius 1 is 1.12 bits per heavy atom. The van der Waals surface area contributed by atoms with Crippen molar-refractivity contribution in [3.8, 4) is 5.75 Å². The topological polar surface area (TPSA) is 57.6 Å². The van der Waals surface area contributed by atoms with Crippen LogP contribution in [0.5, 0.6) is 5.75 Å². The number of phenolic OH excluding ortho intramolecular Hbond substituents is 1. The number of fused-ring (bicyclic) bond motifs is 1. The maximum Gasteiger partial charge on any atom is 0.120 e. The molecule has 134 valence electrons. The Labute approximate surface area is 153 Å². The van der Waals surface area contributed by atoms with Gasteiger partial charge in [0.2, 0.25) is 0 Å². The molecule has 1 aliphatic heterocycles. The number of rotatable bonds is 4. The minimum Gasteiger partial charge on any atom is -0.508 e. The molecule has 0 saturated carbocycles. The van der Waals surface area contributed by atoms with E-state index in [0.717, 1.165) is 60.7 Å². The first-order valence-corrected chi connectivity index (χ1v) is 8.93. The third kappa shape index (κ3) is 3.64. The largest absolute Gasteiger partial charge is 0.508 e. The van der Waals surface area contributed by atoms with E-state index in [9.17, 15) is 5.11 Å². The van der Waals surface area contributed by atoms with Crippen LogP contribution in [0.3, 0.4) is 0 Å². The van der Waals surface area contributed by atoms with Crippen molar-refractivity contribution in [2.45, 2.75) is 13.5 Å². The Bertz CT molecular complexity index is 920. The fraction of sp³-hybridized carbons (Fsp3) is 0.286. The molecule has 3 aromatic rings. The number of aromatic hydroxyl groups is 1. The Kier molecular flexibility index (Phi) is 4.73. The monoisotopic (exact) mass is 349 g/mol. The van der Waals surface area contributed by atoms with E-state index in [1.807, 2.05) is 24.4 Å². The molecule has 0 amide bonds. The number of benzene rings is 2. The minimum atomic E-state index is 0.331. The molecule has 2 N–H and O–H groups in total. The van der Waals surface area contributed by atoms with E-state index >= 15 is 0 Å². The average Bonchev–Trinajstić information content (AvgIpc) is 2.65. The lowest BCUT2D eigenvalue weighted by Gasteiger charge is -2.27. The number of nitrogens with one attached hydrogen (secondary N) is 1. The summed E-state index contributed by atoms with van der Waals surface area (Å²) < 4.78 is 5.40. The van der Waals surface area contributed by atoms with Gasteiger partial charge >= 0.3 is 0 Å². The molecule has 0 radical (unpaired) electrons. The lowest BCUT2D eigenvalue weighted by molar-refractivity contribution is 0.0339. The van der Waals surface area contributed by atoms with Gasteiger partial charge in [0.1, 0.15) is 5.75 Å². The highest BCUT2D eigenvalue weighted by Crippen LogP contribution is 2.29. The molecular weight excluding hydrogens is 326 g/mol. The molecule has 1 aliphatic rings. The molecule has 1 aromatic heterocycles. The average molecular weight is 349 g/mol. The van der Waals surface area contributed by atoms with Crippen molar-refractivity contribution < 1.29 is 9.84 Å². The van der Waals surface area contributed by atoms with Gasteiger partial charge in [0.25, 0.3) is 0 Å². The molecule has 2 heterocycles. The molecule has 5 heteroatoms. The number of hydrogen-bond acceptors (Lipinski definition) is 5. The molecule has 4 rings (SSSR count). The summed E-state index contributed by atoms with van der Waals surface area (Å²) in [6.45, 7) is 6.08. The van der Waals surface area contributed by atoms with Gasteiger partial charge in [0.15, 0.2) is 0 Å². The van der Waals surface area contributed by atoms with E-state index in [4.69, 9.17) is 4.74 Å². The second kappa shape index (κ2) is 7.32. The predicted octanol–water partition coefficient (Wildman–Crippen LogP) is 3.82. The fourth-order valence-corrected chi connectivity index (χ4v) is 3.31. The van der Waals surface area contributed by atoms with Crippen molar-refractivity contribution in [2.24, 2.45) is 0 Å². The van der Waals surface area contributed by atoms with Gasteiger partial charge in [-0.25, -0.2) is 0 Å².